The van der Waals surface area contributed by atoms with Crippen molar-refractivity contribution in [2.45, 2.75) is 20.3 Å². The molecule has 5 nitrogen and oxygen atoms in total. The van der Waals surface area contributed by atoms with Crippen molar-refractivity contribution in [2.75, 3.05) is 13.2 Å². The van der Waals surface area contributed by atoms with Crippen molar-refractivity contribution in [2.24, 2.45) is 0 Å². The van der Waals surface area contributed by atoms with Gasteiger partial charge in [0.1, 0.15) is 17.4 Å². The molecular formula is C21H21NO4. The first-order valence-corrected chi connectivity index (χ1v) is 8.46. The summed E-state index contributed by atoms with van der Waals surface area (Å²) < 4.78 is 16.3. The SMILES string of the molecule is CCCOc1ccc(/C=C(/C#N)C(=O)Oc2ccccc2OCC)cc1. The summed E-state index contributed by atoms with van der Waals surface area (Å²) in [5.41, 5.74) is 0.610. The van der Waals surface area contributed by atoms with Crippen molar-refractivity contribution in [1.82, 2.24) is 0 Å². The van der Waals surface area contributed by atoms with Crippen LogP contribution < -0.4 is 14.2 Å². The standard InChI is InChI=1S/C21H21NO4/c1-3-13-25-18-11-9-16(10-12-18)14-17(15-22)21(23)26-20-8-6-5-7-19(20)24-4-2/h5-12,14H,3-4,13H2,1-2H3/b17-14-. The number of benzene rings is 2. The van der Waals surface area contributed by atoms with Crippen LogP contribution >= 0.6 is 0 Å². The highest BCUT2D eigenvalue weighted by molar-refractivity contribution is 5.99. The first kappa shape index (κ1) is 19.1. The molecule has 2 rings (SSSR count). The Bertz CT molecular complexity index is 804. The molecule has 0 bridgehead atoms. The quantitative estimate of drug-likeness (QED) is 0.305. The van der Waals surface area contributed by atoms with Gasteiger partial charge in [-0.15, -0.1) is 0 Å². The summed E-state index contributed by atoms with van der Waals surface area (Å²) in [5, 5.41) is 9.30. The zero-order valence-corrected chi connectivity index (χ0v) is 14.9. The third-order valence-electron chi connectivity index (χ3n) is 3.36. The molecular weight excluding hydrogens is 330 g/mol. The number of esters is 1. The lowest BCUT2D eigenvalue weighted by Gasteiger charge is -2.09. The normalized spacial score (nSPS) is 10.7. The van der Waals surface area contributed by atoms with E-state index in [4.69, 9.17) is 14.2 Å². The van der Waals surface area contributed by atoms with Crippen molar-refractivity contribution in [3.05, 3.63) is 59.7 Å². The topological polar surface area (TPSA) is 68.5 Å². The summed E-state index contributed by atoms with van der Waals surface area (Å²) in [6.45, 7) is 4.96. The monoisotopic (exact) mass is 351 g/mol. The Morgan fingerprint density at radius 1 is 1.04 bits per heavy atom. The number of nitriles is 1. The van der Waals surface area contributed by atoms with Gasteiger partial charge in [0.25, 0.3) is 0 Å². The van der Waals surface area contributed by atoms with Gasteiger partial charge >= 0.3 is 5.97 Å². The van der Waals surface area contributed by atoms with Gasteiger partial charge < -0.3 is 14.2 Å². The molecule has 0 N–H and O–H groups in total. The summed E-state index contributed by atoms with van der Waals surface area (Å²) in [6, 6.07) is 15.9. The Morgan fingerprint density at radius 2 is 1.73 bits per heavy atom. The van der Waals surface area contributed by atoms with Gasteiger partial charge in [0, 0.05) is 0 Å². The van der Waals surface area contributed by atoms with E-state index in [0.717, 1.165) is 12.2 Å². The van der Waals surface area contributed by atoms with E-state index in [1.807, 2.05) is 19.9 Å². The van der Waals surface area contributed by atoms with Crippen LogP contribution in [0.2, 0.25) is 0 Å². The minimum absolute atomic E-state index is 0.0986. The number of hydrogen-bond donors (Lipinski definition) is 0. The Labute approximate surface area is 153 Å². The van der Waals surface area contributed by atoms with Crippen molar-refractivity contribution in [3.63, 3.8) is 0 Å². The molecule has 0 atom stereocenters. The van der Waals surface area contributed by atoms with E-state index in [1.54, 1.807) is 48.5 Å². The lowest BCUT2D eigenvalue weighted by atomic mass is 10.1. The molecule has 5 heteroatoms. The largest absolute Gasteiger partial charge is 0.494 e. The molecule has 0 saturated heterocycles. The third-order valence-corrected chi connectivity index (χ3v) is 3.36. The number of para-hydroxylation sites is 2. The minimum atomic E-state index is -0.731. The first-order valence-electron chi connectivity index (χ1n) is 8.46. The predicted octanol–water partition coefficient (Wildman–Crippen LogP) is 4.39. The van der Waals surface area contributed by atoms with Crippen molar-refractivity contribution in [1.29, 1.82) is 5.26 Å². The summed E-state index contributed by atoms with van der Waals surface area (Å²) in [7, 11) is 0. The highest BCUT2D eigenvalue weighted by Crippen LogP contribution is 2.27. The van der Waals surface area contributed by atoms with Crippen molar-refractivity contribution < 1.29 is 19.0 Å². The fourth-order valence-corrected chi connectivity index (χ4v) is 2.15. The van der Waals surface area contributed by atoms with Crippen LogP contribution in [-0.2, 0) is 4.79 Å². The Kier molecular flexibility index (Phi) is 7.26. The third kappa shape index (κ3) is 5.38. The molecule has 0 saturated carbocycles. The molecule has 0 radical (unpaired) electrons. The average Bonchev–Trinajstić information content (AvgIpc) is 2.67. The first-order chi connectivity index (χ1) is 12.7. The summed E-state index contributed by atoms with van der Waals surface area (Å²) in [5.74, 6) is 0.753. The molecule has 134 valence electrons. The van der Waals surface area contributed by atoms with E-state index in [2.05, 4.69) is 0 Å². The molecule has 0 aromatic heterocycles. The van der Waals surface area contributed by atoms with E-state index in [0.29, 0.717) is 24.5 Å². The van der Waals surface area contributed by atoms with Crippen molar-refractivity contribution >= 4 is 12.0 Å². The van der Waals surface area contributed by atoms with Gasteiger partial charge in [0.2, 0.25) is 0 Å². The van der Waals surface area contributed by atoms with E-state index < -0.39 is 5.97 Å². The number of rotatable bonds is 8. The second-order valence-electron chi connectivity index (χ2n) is 5.36. The van der Waals surface area contributed by atoms with Crippen LogP contribution in [-0.4, -0.2) is 19.2 Å². The Hall–Kier alpha value is -3.26. The van der Waals surface area contributed by atoms with E-state index in [-0.39, 0.29) is 11.3 Å². The van der Waals surface area contributed by atoms with Gasteiger partial charge in [-0.2, -0.15) is 5.26 Å². The molecule has 0 aliphatic heterocycles. The smallest absolute Gasteiger partial charge is 0.354 e. The molecule has 2 aromatic carbocycles. The van der Waals surface area contributed by atoms with E-state index >= 15 is 0 Å². The predicted molar refractivity (Wildman–Crippen MR) is 99.1 cm³/mol. The van der Waals surface area contributed by atoms with Gasteiger partial charge in [-0.25, -0.2) is 4.79 Å². The molecule has 0 amide bonds. The lowest BCUT2D eigenvalue weighted by molar-refractivity contribution is -0.129. The number of carbonyl (C=O) groups is 1. The Morgan fingerprint density at radius 3 is 2.35 bits per heavy atom. The van der Waals surface area contributed by atoms with E-state index in [9.17, 15) is 10.1 Å². The van der Waals surface area contributed by atoms with Gasteiger partial charge in [-0.3, -0.25) is 0 Å². The molecule has 2 aromatic rings. The highest BCUT2D eigenvalue weighted by Gasteiger charge is 2.15. The van der Waals surface area contributed by atoms with Gasteiger partial charge in [-0.1, -0.05) is 31.2 Å². The van der Waals surface area contributed by atoms with E-state index in [1.165, 1.54) is 6.08 Å². The number of ether oxygens (including phenoxy) is 3. The van der Waals surface area contributed by atoms with Crippen LogP contribution in [0.3, 0.4) is 0 Å². The Balaban J connectivity index is 2.13. The summed E-state index contributed by atoms with van der Waals surface area (Å²) in [6.07, 6.45) is 2.41. The second kappa shape index (κ2) is 9.90. The molecule has 0 unspecified atom stereocenters. The van der Waals surface area contributed by atoms with Gasteiger partial charge in [0.05, 0.1) is 13.2 Å². The minimum Gasteiger partial charge on any atom is -0.494 e. The molecule has 0 spiro atoms. The molecule has 0 heterocycles. The van der Waals surface area contributed by atoms with Crippen LogP contribution in [0.4, 0.5) is 0 Å². The fraction of sp³-hybridized carbons (Fsp3) is 0.238. The van der Waals surface area contributed by atoms with Crippen molar-refractivity contribution in [3.8, 4) is 23.3 Å². The zero-order chi connectivity index (χ0) is 18.8. The zero-order valence-electron chi connectivity index (χ0n) is 14.9. The fourth-order valence-electron chi connectivity index (χ4n) is 2.15. The maximum absolute atomic E-state index is 12.3. The molecule has 26 heavy (non-hydrogen) atoms. The molecule has 0 aliphatic carbocycles. The van der Waals surface area contributed by atoms with Crippen LogP contribution in [0.1, 0.15) is 25.8 Å². The number of nitrogens with zero attached hydrogens (tertiary/aromatic N) is 1. The van der Waals surface area contributed by atoms with Crippen LogP contribution in [0.25, 0.3) is 6.08 Å². The molecule has 0 aliphatic rings. The maximum Gasteiger partial charge on any atom is 0.354 e. The van der Waals surface area contributed by atoms with Gasteiger partial charge in [0.15, 0.2) is 11.5 Å². The number of carbonyl (C=O) groups excluding carboxylic acids is 1. The maximum atomic E-state index is 12.3. The molecule has 0 fully saturated rings. The second-order valence-corrected chi connectivity index (χ2v) is 5.36. The summed E-state index contributed by atoms with van der Waals surface area (Å²) in [4.78, 5) is 12.3. The highest BCUT2D eigenvalue weighted by atomic mass is 16.6. The van der Waals surface area contributed by atoms with Crippen LogP contribution in [0.5, 0.6) is 17.2 Å². The van der Waals surface area contributed by atoms with Crippen LogP contribution in [0.15, 0.2) is 54.1 Å². The van der Waals surface area contributed by atoms with Crippen LogP contribution in [0, 0.1) is 11.3 Å². The number of hydrogen-bond acceptors (Lipinski definition) is 5. The van der Waals surface area contributed by atoms with Gasteiger partial charge in [-0.05, 0) is 49.2 Å². The summed E-state index contributed by atoms with van der Waals surface area (Å²) >= 11 is 0. The average molecular weight is 351 g/mol. The lowest BCUT2D eigenvalue weighted by Crippen LogP contribution is -2.11.